The zero-order valence-electron chi connectivity index (χ0n) is 21.0. The number of sulfonamides is 1. The summed E-state index contributed by atoms with van der Waals surface area (Å²) in [6.07, 6.45) is 4.53. The highest BCUT2D eigenvalue weighted by molar-refractivity contribution is 7.88. The fourth-order valence-electron chi connectivity index (χ4n) is 5.07. The van der Waals surface area contributed by atoms with Crippen molar-refractivity contribution in [2.75, 3.05) is 36.8 Å². The van der Waals surface area contributed by atoms with Gasteiger partial charge in [0.05, 0.1) is 23.7 Å². The van der Waals surface area contributed by atoms with Gasteiger partial charge >= 0.3 is 5.56 Å². The molecule has 10 heteroatoms. The lowest BCUT2D eigenvalue weighted by Crippen LogP contribution is -2.49. The number of aromatic nitrogens is 2. The summed E-state index contributed by atoms with van der Waals surface area (Å²) in [7, 11) is -3.49. The van der Waals surface area contributed by atoms with E-state index < -0.39 is 10.0 Å². The molecule has 1 saturated heterocycles. The average molecular weight is 524 g/mol. The number of benzene rings is 2. The number of ether oxygens (including phenoxy) is 1. The molecule has 2 aliphatic rings. The number of hydrogen-bond acceptors (Lipinski definition) is 7. The van der Waals surface area contributed by atoms with Gasteiger partial charge in [-0.1, -0.05) is 37.3 Å². The quantitative estimate of drug-likeness (QED) is 0.474. The van der Waals surface area contributed by atoms with Gasteiger partial charge in [0.25, 0.3) is 0 Å². The van der Waals surface area contributed by atoms with E-state index >= 15 is 0 Å². The van der Waals surface area contributed by atoms with Crippen LogP contribution < -0.4 is 20.9 Å². The van der Waals surface area contributed by atoms with Crippen LogP contribution in [0.2, 0.25) is 0 Å². The Balaban J connectivity index is 1.36. The zero-order valence-corrected chi connectivity index (χ0v) is 21.8. The molecule has 3 aromatic rings. The number of anilines is 2. The van der Waals surface area contributed by atoms with Crippen LogP contribution in [0.25, 0.3) is 5.69 Å². The molecule has 2 unspecified atom stereocenters. The summed E-state index contributed by atoms with van der Waals surface area (Å²) in [5, 5.41) is 4.44. The van der Waals surface area contributed by atoms with Crippen LogP contribution in [0.1, 0.15) is 31.7 Å². The first-order chi connectivity index (χ1) is 17.8. The summed E-state index contributed by atoms with van der Waals surface area (Å²) in [5.74, 6) is 0.772. The van der Waals surface area contributed by atoms with Crippen molar-refractivity contribution in [3.05, 3.63) is 76.7 Å². The predicted molar refractivity (Wildman–Crippen MR) is 145 cm³/mol. The molecule has 2 atom stereocenters. The van der Waals surface area contributed by atoms with Gasteiger partial charge in [-0.25, -0.2) is 8.42 Å². The van der Waals surface area contributed by atoms with Crippen LogP contribution in [0.3, 0.4) is 0 Å². The minimum absolute atomic E-state index is 0.0188. The van der Waals surface area contributed by atoms with E-state index in [1.807, 2.05) is 35.2 Å². The molecule has 2 heterocycles. The second-order valence-corrected chi connectivity index (χ2v) is 11.9. The zero-order chi connectivity index (χ0) is 26.0. The van der Waals surface area contributed by atoms with E-state index in [4.69, 9.17) is 10.5 Å². The monoisotopic (exact) mass is 523 g/mol. The number of para-hydroxylation sites is 1. The number of nitrogens with two attached hydrogens (primary N) is 1. The van der Waals surface area contributed by atoms with E-state index in [-0.39, 0.29) is 23.2 Å². The first-order valence-corrected chi connectivity index (χ1v) is 14.3. The van der Waals surface area contributed by atoms with Gasteiger partial charge < -0.3 is 15.4 Å². The lowest BCUT2D eigenvalue weighted by atomic mass is 10.1. The van der Waals surface area contributed by atoms with Gasteiger partial charge in [0.1, 0.15) is 5.69 Å². The molecule has 2 fully saturated rings. The predicted octanol–water partition coefficient (Wildman–Crippen LogP) is 3.03. The van der Waals surface area contributed by atoms with Gasteiger partial charge in [-0.15, -0.1) is 0 Å². The largest absolute Gasteiger partial charge is 0.483 e. The molecule has 2 N–H and O–H groups in total. The third-order valence-corrected chi connectivity index (χ3v) is 9.00. The third-order valence-electron chi connectivity index (χ3n) is 7.15. The first-order valence-electron chi connectivity index (χ1n) is 12.7. The van der Waals surface area contributed by atoms with E-state index in [0.29, 0.717) is 54.7 Å². The summed E-state index contributed by atoms with van der Waals surface area (Å²) >= 11 is 0. The third kappa shape index (κ3) is 5.65. The Morgan fingerprint density at radius 2 is 1.70 bits per heavy atom. The number of nitrogens with zero attached hydrogens (tertiary/aromatic N) is 4. The normalized spacial score (nSPS) is 20.7. The van der Waals surface area contributed by atoms with Crippen LogP contribution in [0.15, 0.2) is 65.6 Å². The second-order valence-electron chi connectivity index (χ2n) is 9.95. The Morgan fingerprint density at radius 1 is 1.00 bits per heavy atom. The average Bonchev–Trinajstić information content (AvgIpc) is 3.31. The fraction of sp³-hybridized carbons (Fsp3) is 0.407. The SMILES string of the molecule is CC1CCC(Oc2c(N3CCN(S(=O)(=O)Cc4ccc(N)cc4)CC3)cnn(-c3ccccc3)c2=O)C1. The van der Waals surface area contributed by atoms with Crippen LogP contribution in [-0.4, -0.2) is 54.8 Å². The van der Waals surface area contributed by atoms with Gasteiger partial charge in [0.15, 0.2) is 0 Å². The topological polar surface area (TPSA) is 111 Å². The van der Waals surface area contributed by atoms with Crippen molar-refractivity contribution in [1.29, 1.82) is 0 Å². The number of piperazine rings is 1. The molecular formula is C27H33N5O4S. The molecule has 5 rings (SSSR count). The molecule has 1 aliphatic carbocycles. The highest BCUT2D eigenvalue weighted by atomic mass is 32.2. The van der Waals surface area contributed by atoms with Crippen molar-refractivity contribution in [3.8, 4) is 11.4 Å². The highest BCUT2D eigenvalue weighted by Crippen LogP contribution is 2.32. The van der Waals surface area contributed by atoms with Gasteiger partial charge in [0, 0.05) is 31.9 Å². The fourth-order valence-corrected chi connectivity index (χ4v) is 6.59. The number of hydrogen-bond donors (Lipinski definition) is 1. The van der Waals surface area contributed by atoms with Crippen molar-refractivity contribution in [2.45, 2.75) is 38.0 Å². The van der Waals surface area contributed by atoms with Crippen LogP contribution in [-0.2, 0) is 15.8 Å². The summed E-state index contributed by atoms with van der Waals surface area (Å²) in [6.45, 7) is 3.71. The summed E-state index contributed by atoms with van der Waals surface area (Å²) in [6, 6.07) is 16.2. The minimum atomic E-state index is -3.49. The molecule has 196 valence electrons. The van der Waals surface area contributed by atoms with E-state index in [1.54, 1.807) is 30.5 Å². The van der Waals surface area contributed by atoms with Crippen molar-refractivity contribution >= 4 is 21.4 Å². The Kier molecular flexibility index (Phi) is 7.21. The number of nitrogen functional groups attached to an aromatic ring is 1. The van der Waals surface area contributed by atoms with Crippen molar-refractivity contribution in [2.24, 2.45) is 5.92 Å². The standard InChI is InChI=1S/C27H33N5O4S/c1-20-7-12-24(17-20)36-26-25(18-29-32(27(26)33)23-5-3-2-4-6-23)30-13-15-31(16-14-30)37(34,35)19-21-8-10-22(28)11-9-21/h2-6,8-11,18,20,24H,7,12-17,19,28H2,1H3. The summed E-state index contributed by atoms with van der Waals surface area (Å²) in [5.41, 5.74) is 8.01. The lowest BCUT2D eigenvalue weighted by Gasteiger charge is -2.36. The van der Waals surface area contributed by atoms with Crippen molar-refractivity contribution in [1.82, 2.24) is 14.1 Å². The molecule has 2 aromatic carbocycles. The van der Waals surface area contributed by atoms with Gasteiger partial charge in [-0.05, 0) is 55.0 Å². The lowest BCUT2D eigenvalue weighted by molar-refractivity contribution is 0.201. The minimum Gasteiger partial charge on any atom is -0.483 e. The van der Waals surface area contributed by atoms with E-state index in [0.717, 1.165) is 19.3 Å². The molecule has 1 aromatic heterocycles. The summed E-state index contributed by atoms with van der Waals surface area (Å²) < 4.78 is 35.3. The van der Waals surface area contributed by atoms with Crippen LogP contribution in [0.4, 0.5) is 11.4 Å². The molecule has 9 nitrogen and oxygen atoms in total. The Morgan fingerprint density at radius 3 is 2.35 bits per heavy atom. The molecule has 0 radical (unpaired) electrons. The second kappa shape index (κ2) is 10.5. The van der Waals surface area contributed by atoms with Crippen molar-refractivity contribution in [3.63, 3.8) is 0 Å². The van der Waals surface area contributed by atoms with Crippen LogP contribution in [0, 0.1) is 5.92 Å². The van der Waals surface area contributed by atoms with Crippen molar-refractivity contribution < 1.29 is 13.2 Å². The molecule has 1 saturated carbocycles. The Hall–Kier alpha value is -3.37. The maximum Gasteiger partial charge on any atom is 0.316 e. The molecule has 37 heavy (non-hydrogen) atoms. The van der Waals surface area contributed by atoms with E-state index in [2.05, 4.69) is 12.0 Å². The first kappa shape index (κ1) is 25.3. The molecule has 0 amide bonds. The maximum atomic E-state index is 13.6. The van der Waals surface area contributed by atoms with Gasteiger partial charge in [-0.3, -0.25) is 4.79 Å². The van der Waals surface area contributed by atoms with E-state index in [9.17, 15) is 13.2 Å². The van der Waals surface area contributed by atoms with Crippen LogP contribution in [0.5, 0.6) is 5.75 Å². The molecular weight excluding hydrogens is 490 g/mol. The highest BCUT2D eigenvalue weighted by Gasteiger charge is 2.31. The van der Waals surface area contributed by atoms with Crippen LogP contribution >= 0.6 is 0 Å². The summed E-state index contributed by atoms with van der Waals surface area (Å²) in [4.78, 5) is 15.6. The van der Waals surface area contributed by atoms with Gasteiger partial charge in [0.2, 0.25) is 15.8 Å². The Labute approximate surface area is 217 Å². The molecule has 0 bridgehead atoms. The van der Waals surface area contributed by atoms with E-state index in [1.165, 1.54) is 8.99 Å². The smallest absolute Gasteiger partial charge is 0.316 e. The molecule has 1 aliphatic heterocycles. The number of rotatable bonds is 7. The Bertz CT molecular complexity index is 1380. The molecule has 0 spiro atoms. The van der Waals surface area contributed by atoms with Gasteiger partial charge in [-0.2, -0.15) is 14.1 Å². The maximum absolute atomic E-state index is 13.6.